The lowest BCUT2D eigenvalue weighted by atomic mass is 10.2. The summed E-state index contributed by atoms with van der Waals surface area (Å²) in [7, 11) is 0. The second-order valence-electron chi connectivity index (χ2n) is 1.76. The van der Waals surface area contributed by atoms with E-state index in [1.807, 2.05) is 6.92 Å². The van der Waals surface area contributed by atoms with Gasteiger partial charge >= 0.3 is 5.97 Å². The van der Waals surface area contributed by atoms with E-state index < -0.39 is 5.97 Å². The van der Waals surface area contributed by atoms with E-state index >= 15 is 0 Å². The Balaban J connectivity index is 0. The van der Waals surface area contributed by atoms with Crippen LogP contribution in [0.15, 0.2) is 0 Å². The van der Waals surface area contributed by atoms with Crippen molar-refractivity contribution in [3.8, 4) is 0 Å². The predicted octanol–water partition coefficient (Wildman–Crippen LogP) is 2.13. The smallest absolute Gasteiger partial charge is 0.305 e. The third kappa shape index (κ3) is 18.0. The van der Waals surface area contributed by atoms with Crippen molar-refractivity contribution in [3.05, 3.63) is 0 Å². The standard InChI is InChI=1S/C4H8O2.C2H5Br/c1-3(2)4(5)6;1-2-3/h3H,1-2H3,(H,5,6);2H2,1H3. The van der Waals surface area contributed by atoms with Crippen molar-refractivity contribution >= 4 is 21.9 Å². The molecule has 0 heterocycles. The molecular weight excluding hydrogens is 184 g/mol. The first-order chi connectivity index (χ1) is 4.06. The second-order valence-corrected chi connectivity index (χ2v) is 2.88. The van der Waals surface area contributed by atoms with Crippen LogP contribution in [0.1, 0.15) is 20.8 Å². The van der Waals surface area contributed by atoms with Crippen LogP contribution < -0.4 is 0 Å². The molecular formula is C6H13BrO2. The molecule has 0 atom stereocenters. The number of carboxylic acid groups (broad SMARTS) is 1. The van der Waals surface area contributed by atoms with Crippen LogP contribution in [0.25, 0.3) is 0 Å². The molecule has 0 spiro atoms. The van der Waals surface area contributed by atoms with Gasteiger partial charge in [0, 0.05) is 5.33 Å². The molecule has 0 aromatic carbocycles. The Labute approximate surface area is 64.4 Å². The van der Waals surface area contributed by atoms with Gasteiger partial charge in [0.2, 0.25) is 0 Å². The maximum absolute atomic E-state index is 9.70. The first-order valence-corrected chi connectivity index (χ1v) is 3.97. The van der Waals surface area contributed by atoms with Crippen molar-refractivity contribution in [2.24, 2.45) is 5.92 Å². The van der Waals surface area contributed by atoms with Gasteiger partial charge in [0.1, 0.15) is 0 Å². The number of alkyl halides is 1. The van der Waals surface area contributed by atoms with Crippen LogP contribution in [0.2, 0.25) is 0 Å². The molecule has 0 rings (SSSR count). The minimum absolute atomic E-state index is 0.231. The Morgan fingerprint density at radius 3 is 1.78 bits per heavy atom. The van der Waals surface area contributed by atoms with Crippen LogP contribution in [0.3, 0.4) is 0 Å². The van der Waals surface area contributed by atoms with Gasteiger partial charge < -0.3 is 5.11 Å². The molecule has 0 aliphatic heterocycles. The van der Waals surface area contributed by atoms with Crippen LogP contribution in [0.5, 0.6) is 0 Å². The zero-order valence-electron chi connectivity index (χ0n) is 6.02. The Morgan fingerprint density at radius 1 is 1.67 bits per heavy atom. The molecule has 0 bridgehead atoms. The normalized spacial score (nSPS) is 8.11. The van der Waals surface area contributed by atoms with Crippen LogP contribution >= 0.6 is 15.9 Å². The van der Waals surface area contributed by atoms with Gasteiger partial charge in [-0.2, -0.15) is 0 Å². The van der Waals surface area contributed by atoms with Crippen LogP contribution in [-0.4, -0.2) is 16.4 Å². The van der Waals surface area contributed by atoms with Gasteiger partial charge in [0.05, 0.1) is 5.92 Å². The van der Waals surface area contributed by atoms with E-state index in [1.54, 1.807) is 13.8 Å². The number of carbonyl (C=O) groups is 1. The Bertz CT molecular complexity index is 71.5. The van der Waals surface area contributed by atoms with Gasteiger partial charge in [-0.25, -0.2) is 0 Å². The second kappa shape index (κ2) is 7.95. The van der Waals surface area contributed by atoms with Gasteiger partial charge in [0.15, 0.2) is 0 Å². The highest BCUT2D eigenvalue weighted by molar-refractivity contribution is 9.09. The zero-order valence-corrected chi connectivity index (χ0v) is 7.60. The van der Waals surface area contributed by atoms with Crippen molar-refractivity contribution < 1.29 is 9.90 Å². The summed E-state index contributed by atoms with van der Waals surface area (Å²) >= 11 is 3.15. The van der Waals surface area contributed by atoms with Crippen molar-refractivity contribution in [2.75, 3.05) is 5.33 Å². The van der Waals surface area contributed by atoms with E-state index in [0.717, 1.165) is 5.33 Å². The Kier molecular flexibility index (Phi) is 10.3. The highest BCUT2D eigenvalue weighted by atomic mass is 79.9. The lowest BCUT2D eigenvalue weighted by Crippen LogP contribution is -2.03. The third-order valence-electron chi connectivity index (χ3n) is 0.494. The molecule has 0 saturated heterocycles. The SMILES string of the molecule is CC(C)C(=O)O.CCBr. The van der Waals surface area contributed by atoms with Gasteiger partial charge in [-0.3, -0.25) is 4.79 Å². The molecule has 0 radical (unpaired) electrons. The molecule has 0 aromatic rings. The zero-order chi connectivity index (χ0) is 7.86. The maximum atomic E-state index is 9.70. The van der Waals surface area contributed by atoms with Gasteiger partial charge in [-0.15, -0.1) is 0 Å². The predicted molar refractivity (Wildman–Crippen MR) is 41.9 cm³/mol. The average molecular weight is 197 g/mol. The summed E-state index contributed by atoms with van der Waals surface area (Å²) in [6, 6.07) is 0. The fraction of sp³-hybridized carbons (Fsp3) is 0.833. The minimum atomic E-state index is -0.741. The van der Waals surface area contributed by atoms with Crippen molar-refractivity contribution in [3.63, 3.8) is 0 Å². The molecule has 1 N–H and O–H groups in total. The molecule has 0 unspecified atom stereocenters. The first-order valence-electron chi connectivity index (χ1n) is 2.85. The summed E-state index contributed by atoms with van der Waals surface area (Å²) in [6.45, 7) is 5.32. The number of hydrogen-bond donors (Lipinski definition) is 1. The molecule has 0 aromatic heterocycles. The minimum Gasteiger partial charge on any atom is -0.481 e. The number of hydrogen-bond acceptors (Lipinski definition) is 1. The Morgan fingerprint density at radius 2 is 1.78 bits per heavy atom. The van der Waals surface area contributed by atoms with Crippen LogP contribution in [0, 0.1) is 5.92 Å². The van der Waals surface area contributed by atoms with Gasteiger partial charge in [0.25, 0.3) is 0 Å². The summed E-state index contributed by atoms with van der Waals surface area (Å²) in [5, 5.41) is 9.05. The number of halogens is 1. The number of aliphatic carboxylic acids is 1. The fourth-order valence-electron chi connectivity index (χ4n) is 0. The number of carboxylic acids is 1. The topological polar surface area (TPSA) is 37.3 Å². The molecule has 0 aliphatic carbocycles. The van der Waals surface area contributed by atoms with Gasteiger partial charge in [-0.05, 0) is 0 Å². The molecule has 0 fully saturated rings. The van der Waals surface area contributed by atoms with E-state index in [9.17, 15) is 4.79 Å². The van der Waals surface area contributed by atoms with E-state index in [2.05, 4.69) is 15.9 Å². The summed E-state index contributed by atoms with van der Waals surface area (Å²) in [5.74, 6) is -0.972. The monoisotopic (exact) mass is 196 g/mol. The van der Waals surface area contributed by atoms with Gasteiger partial charge in [-0.1, -0.05) is 36.7 Å². The van der Waals surface area contributed by atoms with Crippen LogP contribution in [-0.2, 0) is 4.79 Å². The largest absolute Gasteiger partial charge is 0.481 e. The summed E-state index contributed by atoms with van der Waals surface area (Å²) in [4.78, 5) is 9.70. The first kappa shape index (κ1) is 11.7. The lowest BCUT2D eigenvalue weighted by Gasteiger charge is -1.89. The molecule has 0 aliphatic rings. The quantitative estimate of drug-likeness (QED) is 0.653. The highest BCUT2D eigenvalue weighted by Gasteiger charge is 1.99. The Hall–Kier alpha value is -0.0500. The van der Waals surface area contributed by atoms with Crippen molar-refractivity contribution in [1.82, 2.24) is 0 Å². The van der Waals surface area contributed by atoms with Crippen molar-refractivity contribution in [1.29, 1.82) is 0 Å². The molecule has 2 nitrogen and oxygen atoms in total. The molecule has 3 heteroatoms. The van der Waals surface area contributed by atoms with E-state index in [1.165, 1.54) is 0 Å². The van der Waals surface area contributed by atoms with Crippen LogP contribution in [0.4, 0.5) is 0 Å². The molecule has 56 valence electrons. The van der Waals surface area contributed by atoms with E-state index in [-0.39, 0.29) is 5.92 Å². The average Bonchev–Trinajstić information content (AvgIpc) is 1.68. The maximum Gasteiger partial charge on any atom is 0.305 e. The van der Waals surface area contributed by atoms with E-state index in [4.69, 9.17) is 5.11 Å². The fourth-order valence-corrected chi connectivity index (χ4v) is 0. The lowest BCUT2D eigenvalue weighted by molar-refractivity contribution is -0.140. The third-order valence-corrected chi connectivity index (χ3v) is 0.494. The van der Waals surface area contributed by atoms with Crippen molar-refractivity contribution in [2.45, 2.75) is 20.8 Å². The summed E-state index contributed by atoms with van der Waals surface area (Å²) in [6.07, 6.45) is 0. The highest BCUT2D eigenvalue weighted by Crippen LogP contribution is 1.87. The molecule has 0 saturated carbocycles. The van der Waals surface area contributed by atoms with E-state index in [0.29, 0.717) is 0 Å². The molecule has 9 heavy (non-hydrogen) atoms. The number of rotatable bonds is 1. The summed E-state index contributed by atoms with van der Waals surface area (Å²) in [5.41, 5.74) is 0. The summed E-state index contributed by atoms with van der Waals surface area (Å²) < 4.78 is 0. The molecule has 0 amide bonds.